The van der Waals surface area contributed by atoms with Gasteiger partial charge < -0.3 is 5.32 Å². The molecule has 1 atom stereocenters. The minimum atomic E-state index is -0.545. The van der Waals surface area contributed by atoms with Crippen LogP contribution in [-0.4, -0.2) is 0 Å². The molecule has 0 aliphatic rings. The predicted molar refractivity (Wildman–Crippen MR) is 79.7 cm³/mol. The number of rotatable bonds is 4. The smallest absolute Gasteiger partial charge is 0.130 e. The monoisotopic (exact) mass is 295 g/mol. The molecule has 1 heterocycles. The van der Waals surface area contributed by atoms with Gasteiger partial charge in [-0.1, -0.05) is 32.9 Å². The Morgan fingerprint density at radius 3 is 2.50 bits per heavy atom. The Balaban J connectivity index is 2.14. The highest BCUT2D eigenvalue weighted by atomic mass is 32.1. The number of hydrogen-bond acceptors (Lipinski definition) is 2. The summed E-state index contributed by atoms with van der Waals surface area (Å²) in [6, 6.07) is 7.93. The first kappa shape index (κ1) is 15.1. The highest BCUT2D eigenvalue weighted by Gasteiger charge is 2.26. The van der Waals surface area contributed by atoms with Crippen LogP contribution in [-0.2, 0) is 6.54 Å². The van der Waals surface area contributed by atoms with E-state index in [0.717, 1.165) is 6.07 Å². The van der Waals surface area contributed by atoms with Crippen LogP contribution < -0.4 is 5.32 Å². The van der Waals surface area contributed by atoms with E-state index < -0.39 is 11.6 Å². The third-order valence-corrected chi connectivity index (χ3v) is 4.14. The third-order valence-electron chi connectivity index (χ3n) is 3.21. The Labute approximate surface area is 122 Å². The molecule has 0 fully saturated rings. The van der Waals surface area contributed by atoms with Crippen molar-refractivity contribution >= 4 is 11.3 Å². The number of nitrogens with one attached hydrogen (secondary N) is 1. The van der Waals surface area contributed by atoms with E-state index in [1.165, 1.54) is 17.0 Å². The quantitative estimate of drug-likeness (QED) is 0.845. The van der Waals surface area contributed by atoms with Crippen LogP contribution in [0, 0.1) is 17.0 Å². The average Bonchev–Trinajstić information content (AvgIpc) is 2.83. The van der Waals surface area contributed by atoms with Gasteiger partial charge in [0.1, 0.15) is 11.6 Å². The van der Waals surface area contributed by atoms with E-state index in [4.69, 9.17) is 0 Å². The lowest BCUT2D eigenvalue weighted by molar-refractivity contribution is 0.274. The average molecular weight is 295 g/mol. The van der Waals surface area contributed by atoms with Gasteiger partial charge in [-0.25, -0.2) is 8.78 Å². The molecular weight excluding hydrogens is 276 g/mol. The fourth-order valence-corrected chi connectivity index (χ4v) is 3.21. The first-order valence-electron chi connectivity index (χ1n) is 6.58. The van der Waals surface area contributed by atoms with Crippen molar-refractivity contribution in [3.63, 3.8) is 0 Å². The summed E-state index contributed by atoms with van der Waals surface area (Å²) in [7, 11) is 0. The molecule has 1 aromatic heterocycles. The molecule has 0 amide bonds. The molecule has 1 aromatic carbocycles. The Kier molecular flexibility index (Phi) is 4.55. The van der Waals surface area contributed by atoms with E-state index in [9.17, 15) is 8.78 Å². The number of thiophene rings is 1. The van der Waals surface area contributed by atoms with Gasteiger partial charge in [0.2, 0.25) is 0 Å². The van der Waals surface area contributed by atoms with Crippen LogP contribution in [0.5, 0.6) is 0 Å². The normalized spacial score (nSPS) is 13.4. The van der Waals surface area contributed by atoms with Gasteiger partial charge in [-0.2, -0.15) is 0 Å². The molecule has 0 radical (unpaired) electrons. The lowest BCUT2D eigenvalue weighted by Gasteiger charge is -2.31. The van der Waals surface area contributed by atoms with Crippen LogP contribution in [0.25, 0.3) is 0 Å². The molecule has 0 aliphatic carbocycles. The zero-order chi connectivity index (χ0) is 14.8. The lowest BCUT2D eigenvalue weighted by atomic mass is 9.85. The second-order valence-electron chi connectivity index (χ2n) is 5.93. The molecule has 0 aliphatic heterocycles. The Morgan fingerprint density at radius 2 is 1.95 bits per heavy atom. The van der Waals surface area contributed by atoms with E-state index in [-0.39, 0.29) is 11.5 Å². The summed E-state index contributed by atoms with van der Waals surface area (Å²) in [4.78, 5) is 1.22. The molecule has 108 valence electrons. The van der Waals surface area contributed by atoms with E-state index in [0.29, 0.717) is 12.1 Å². The van der Waals surface area contributed by atoms with Crippen LogP contribution in [0.4, 0.5) is 8.78 Å². The van der Waals surface area contributed by atoms with Crippen LogP contribution in [0.15, 0.2) is 35.7 Å². The molecule has 0 bridgehead atoms. The molecule has 20 heavy (non-hydrogen) atoms. The maximum Gasteiger partial charge on any atom is 0.130 e. The molecule has 0 saturated carbocycles. The molecule has 0 spiro atoms. The van der Waals surface area contributed by atoms with Gasteiger partial charge in [0, 0.05) is 29.1 Å². The topological polar surface area (TPSA) is 12.0 Å². The molecule has 0 saturated heterocycles. The second-order valence-corrected chi connectivity index (χ2v) is 6.91. The molecule has 4 heteroatoms. The Morgan fingerprint density at radius 1 is 1.20 bits per heavy atom. The van der Waals surface area contributed by atoms with Gasteiger partial charge in [-0.05, 0) is 22.9 Å². The zero-order valence-electron chi connectivity index (χ0n) is 11.9. The molecule has 2 rings (SSSR count). The van der Waals surface area contributed by atoms with Crippen LogP contribution >= 0.6 is 11.3 Å². The van der Waals surface area contributed by atoms with Crippen molar-refractivity contribution < 1.29 is 8.78 Å². The molecular formula is C16H19F2NS. The maximum atomic E-state index is 13.7. The molecule has 1 N–H and O–H groups in total. The summed E-state index contributed by atoms with van der Waals surface area (Å²) in [5.74, 6) is -1.05. The molecule has 2 aromatic rings. The van der Waals surface area contributed by atoms with Crippen LogP contribution in [0.2, 0.25) is 0 Å². The van der Waals surface area contributed by atoms with Crippen molar-refractivity contribution in [2.45, 2.75) is 33.4 Å². The van der Waals surface area contributed by atoms with Crippen molar-refractivity contribution in [2.24, 2.45) is 5.41 Å². The van der Waals surface area contributed by atoms with Gasteiger partial charge in [0.15, 0.2) is 0 Å². The number of halogens is 2. The first-order chi connectivity index (χ1) is 9.38. The van der Waals surface area contributed by atoms with E-state index in [1.54, 1.807) is 11.3 Å². The zero-order valence-corrected chi connectivity index (χ0v) is 12.7. The van der Waals surface area contributed by atoms with Gasteiger partial charge in [-0.15, -0.1) is 11.3 Å². The molecule has 1 unspecified atom stereocenters. The van der Waals surface area contributed by atoms with E-state index in [1.807, 2.05) is 11.4 Å². The van der Waals surface area contributed by atoms with Crippen molar-refractivity contribution in [1.82, 2.24) is 5.32 Å². The van der Waals surface area contributed by atoms with Crippen LogP contribution in [0.3, 0.4) is 0 Å². The highest BCUT2D eigenvalue weighted by Crippen LogP contribution is 2.35. The van der Waals surface area contributed by atoms with E-state index >= 15 is 0 Å². The predicted octanol–water partition coefficient (Wildman–Crippen LogP) is 4.90. The summed E-state index contributed by atoms with van der Waals surface area (Å²) in [6.07, 6.45) is 0. The number of hydrogen-bond donors (Lipinski definition) is 1. The SMILES string of the molecule is CC(C)(C)C(NCc1ccc(F)cc1F)c1cccs1. The fourth-order valence-electron chi connectivity index (χ4n) is 2.17. The number of benzene rings is 1. The highest BCUT2D eigenvalue weighted by molar-refractivity contribution is 7.10. The molecule has 1 nitrogen and oxygen atoms in total. The summed E-state index contributed by atoms with van der Waals surface area (Å²) in [6.45, 7) is 6.81. The van der Waals surface area contributed by atoms with Gasteiger partial charge in [0.05, 0.1) is 0 Å². The van der Waals surface area contributed by atoms with Crippen LogP contribution in [0.1, 0.15) is 37.3 Å². The van der Waals surface area contributed by atoms with Gasteiger partial charge in [-0.3, -0.25) is 0 Å². The van der Waals surface area contributed by atoms with Crippen molar-refractivity contribution in [2.75, 3.05) is 0 Å². The minimum absolute atomic E-state index is 0.0152. The van der Waals surface area contributed by atoms with Crippen molar-refractivity contribution in [3.8, 4) is 0 Å². The summed E-state index contributed by atoms with van der Waals surface area (Å²) < 4.78 is 26.6. The summed E-state index contributed by atoms with van der Waals surface area (Å²) in [5, 5.41) is 5.42. The van der Waals surface area contributed by atoms with Gasteiger partial charge in [0.25, 0.3) is 0 Å². The third kappa shape index (κ3) is 3.64. The summed E-state index contributed by atoms with van der Waals surface area (Å²) in [5.41, 5.74) is 0.499. The Bertz CT molecular complexity index is 558. The minimum Gasteiger partial charge on any atom is -0.305 e. The van der Waals surface area contributed by atoms with Crippen molar-refractivity contribution in [3.05, 3.63) is 57.8 Å². The summed E-state index contributed by atoms with van der Waals surface area (Å²) >= 11 is 1.68. The lowest BCUT2D eigenvalue weighted by Crippen LogP contribution is -2.31. The van der Waals surface area contributed by atoms with Gasteiger partial charge >= 0.3 is 0 Å². The second kappa shape index (κ2) is 6.02. The largest absolute Gasteiger partial charge is 0.305 e. The maximum absolute atomic E-state index is 13.7. The Hall–Kier alpha value is -1.26. The van der Waals surface area contributed by atoms with E-state index in [2.05, 4.69) is 32.2 Å². The first-order valence-corrected chi connectivity index (χ1v) is 7.46. The fraction of sp³-hybridized carbons (Fsp3) is 0.375. The van der Waals surface area contributed by atoms with Crippen molar-refractivity contribution in [1.29, 1.82) is 0 Å². The standard InChI is InChI=1S/C16H19F2NS/c1-16(2,3)15(14-5-4-8-20-14)19-10-11-6-7-12(17)9-13(11)18/h4-9,15,19H,10H2,1-3H3.